The molecule has 0 saturated heterocycles. The van der Waals surface area contributed by atoms with Crippen molar-refractivity contribution in [2.24, 2.45) is 5.16 Å². The van der Waals surface area contributed by atoms with Crippen LogP contribution in [0.2, 0.25) is 0 Å². The molecule has 2 aliphatic rings. The molecule has 0 radical (unpaired) electrons. The number of aryl methyl sites for hydroxylation is 1. The van der Waals surface area contributed by atoms with Crippen molar-refractivity contribution in [1.29, 1.82) is 0 Å². The molecule has 3 aromatic carbocycles. The molecule has 0 spiro atoms. The predicted molar refractivity (Wildman–Crippen MR) is 153 cm³/mol. The largest absolute Gasteiger partial charge is 0.583 e. The quantitative estimate of drug-likeness (QED) is 0.323. The molecule has 1 saturated carbocycles. The van der Waals surface area contributed by atoms with Crippen LogP contribution in [0.5, 0.6) is 0 Å². The Balaban J connectivity index is 1.38. The molecule has 0 unspecified atom stereocenters. The lowest BCUT2D eigenvalue weighted by Gasteiger charge is -2.23. The molecule has 4 aromatic rings. The molecule has 1 atom stereocenters. The number of para-hydroxylation sites is 1. The zero-order chi connectivity index (χ0) is 26.2. The van der Waals surface area contributed by atoms with Crippen LogP contribution in [-0.2, 0) is 4.76 Å². The van der Waals surface area contributed by atoms with E-state index in [-0.39, 0.29) is 11.5 Å². The van der Waals surface area contributed by atoms with E-state index in [2.05, 4.69) is 35.6 Å². The Hall–Kier alpha value is -3.84. The monoisotopic (exact) mass is 506 g/mol. The van der Waals surface area contributed by atoms with Gasteiger partial charge in [0, 0.05) is 34.3 Å². The van der Waals surface area contributed by atoms with Crippen LogP contribution in [0.15, 0.2) is 75.0 Å². The van der Waals surface area contributed by atoms with Gasteiger partial charge in [-0.3, -0.25) is 4.79 Å². The lowest BCUT2D eigenvalue weighted by Crippen LogP contribution is -2.37. The van der Waals surface area contributed by atoms with Gasteiger partial charge in [-0.05, 0) is 61.6 Å². The Labute approximate surface area is 222 Å². The summed E-state index contributed by atoms with van der Waals surface area (Å²) in [5, 5.41) is 18.2. The molecule has 2 heterocycles. The summed E-state index contributed by atoms with van der Waals surface area (Å²) in [6.07, 6.45) is 7.39. The van der Waals surface area contributed by atoms with Gasteiger partial charge in [-0.15, -0.1) is 5.16 Å². The maximum Gasteiger partial charge on any atom is 0.583 e. The highest BCUT2D eigenvalue weighted by molar-refractivity contribution is 6.62. The smallest absolute Gasteiger partial charge is 0.460 e. The van der Waals surface area contributed by atoms with Gasteiger partial charge < -0.3 is 19.5 Å². The minimum absolute atomic E-state index is 0.0336. The van der Waals surface area contributed by atoms with Gasteiger partial charge in [0.2, 0.25) is 0 Å². The Kier molecular flexibility index (Phi) is 6.54. The van der Waals surface area contributed by atoms with E-state index >= 15 is 0 Å². The Morgan fingerprint density at radius 2 is 1.87 bits per heavy atom. The average molecular weight is 506 g/mol. The number of hydrogen-bond donors (Lipinski definition) is 2. The van der Waals surface area contributed by atoms with E-state index in [1.807, 2.05) is 43.3 Å². The summed E-state index contributed by atoms with van der Waals surface area (Å²) < 4.78 is 11.5. The predicted octanol–water partition coefficient (Wildman–Crippen LogP) is 6.04. The third kappa shape index (κ3) is 4.63. The van der Waals surface area contributed by atoms with Crippen molar-refractivity contribution in [1.82, 2.24) is 0 Å². The number of oxime groups is 1. The van der Waals surface area contributed by atoms with Crippen LogP contribution in [-0.4, -0.2) is 18.4 Å². The number of anilines is 1. The van der Waals surface area contributed by atoms with E-state index in [9.17, 15) is 9.82 Å². The molecular weight excluding hydrogens is 475 g/mol. The van der Waals surface area contributed by atoms with Crippen molar-refractivity contribution in [2.45, 2.75) is 57.9 Å². The maximum atomic E-state index is 13.2. The minimum atomic E-state index is -1.06. The Bertz CT molecular complexity index is 1590. The van der Waals surface area contributed by atoms with Crippen LogP contribution >= 0.6 is 0 Å². The fraction of sp³-hybridized carbons (Fsp3) is 0.290. The van der Waals surface area contributed by atoms with Gasteiger partial charge in [0.15, 0.2) is 5.43 Å². The van der Waals surface area contributed by atoms with Gasteiger partial charge in [-0.25, -0.2) is 0 Å². The summed E-state index contributed by atoms with van der Waals surface area (Å²) in [4.78, 5) is 13.2. The van der Waals surface area contributed by atoms with Gasteiger partial charge in [-0.2, -0.15) is 0 Å². The Morgan fingerprint density at radius 3 is 2.71 bits per heavy atom. The van der Waals surface area contributed by atoms with Crippen LogP contribution < -0.4 is 16.2 Å². The van der Waals surface area contributed by atoms with Crippen molar-refractivity contribution in [3.05, 3.63) is 93.3 Å². The van der Waals surface area contributed by atoms with Gasteiger partial charge >= 0.3 is 7.12 Å². The van der Waals surface area contributed by atoms with Crippen molar-refractivity contribution in [3.8, 4) is 11.1 Å². The number of rotatable bonds is 5. The third-order valence-corrected chi connectivity index (χ3v) is 7.81. The lowest BCUT2D eigenvalue weighted by molar-refractivity contribution is 0.286. The zero-order valence-electron chi connectivity index (χ0n) is 21.7. The topological polar surface area (TPSA) is 84.1 Å². The van der Waals surface area contributed by atoms with E-state index in [0.29, 0.717) is 22.3 Å². The fourth-order valence-corrected chi connectivity index (χ4v) is 5.81. The number of hydrogen-bond acceptors (Lipinski definition) is 6. The summed E-state index contributed by atoms with van der Waals surface area (Å²) in [5.41, 5.74) is 7.22. The first-order valence-electron chi connectivity index (χ1n) is 13.4. The van der Waals surface area contributed by atoms with E-state index < -0.39 is 7.12 Å². The lowest BCUT2D eigenvalue weighted by atomic mass is 9.75. The SMILES string of the molecule is Cc1cc([C@H](C)Nc2ccccc2-c2ccc3c(c2)C=NOB3O)c2oc(C3CCCCC3)cc(=O)c2c1. The first-order chi connectivity index (χ1) is 18.5. The Morgan fingerprint density at radius 1 is 1.05 bits per heavy atom. The third-order valence-electron chi connectivity index (χ3n) is 7.81. The molecule has 6 rings (SSSR count). The minimum Gasteiger partial charge on any atom is -0.460 e. The van der Waals surface area contributed by atoms with Crippen molar-refractivity contribution in [3.63, 3.8) is 0 Å². The molecule has 0 bridgehead atoms. The maximum absolute atomic E-state index is 13.2. The molecule has 1 aliphatic carbocycles. The highest BCUT2D eigenvalue weighted by atomic mass is 16.6. The van der Waals surface area contributed by atoms with Crippen LogP contribution in [0.3, 0.4) is 0 Å². The standard InChI is InChI=1S/C31H31BN2O4/c1-19-14-25(31-26(15-19)29(35)17-30(37-31)21-8-4-3-5-9-21)20(2)34-28-11-7-6-10-24(28)22-12-13-27-23(16-22)18-33-38-32(27)36/h6-7,10-18,20-21,34,36H,3-5,8-9H2,1-2H3/t20-/m0/s1. The zero-order valence-corrected chi connectivity index (χ0v) is 21.7. The van der Waals surface area contributed by atoms with Gasteiger partial charge in [0.1, 0.15) is 11.3 Å². The van der Waals surface area contributed by atoms with Crippen LogP contribution in [0.1, 0.15) is 73.4 Å². The number of nitrogens with zero attached hydrogens (tertiary/aromatic N) is 1. The molecule has 7 heteroatoms. The molecule has 6 nitrogen and oxygen atoms in total. The normalized spacial score (nSPS) is 16.2. The van der Waals surface area contributed by atoms with E-state index in [1.165, 1.54) is 19.3 Å². The first-order valence-corrected chi connectivity index (χ1v) is 13.4. The van der Waals surface area contributed by atoms with Crippen LogP contribution in [0.25, 0.3) is 22.1 Å². The number of nitrogens with one attached hydrogen (secondary N) is 1. The molecule has 1 aromatic heterocycles. The molecule has 1 aliphatic heterocycles. The molecular formula is C31H31BN2O4. The first kappa shape index (κ1) is 24.5. The number of benzene rings is 3. The van der Waals surface area contributed by atoms with Crippen LogP contribution in [0.4, 0.5) is 5.69 Å². The van der Waals surface area contributed by atoms with E-state index in [0.717, 1.165) is 52.1 Å². The van der Waals surface area contributed by atoms with E-state index in [4.69, 9.17) is 9.17 Å². The summed E-state index contributed by atoms with van der Waals surface area (Å²) in [6.45, 7) is 4.12. The van der Waals surface area contributed by atoms with Crippen molar-refractivity contribution < 1.29 is 14.2 Å². The fourth-order valence-electron chi connectivity index (χ4n) is 5.81. The summed E-state index contributed by atoms with van der Waals surface area (Å²) >= 11 is 0. The molecule has 0 amide bonds. The number of fused-ring (bicyclic) bond motifs is 2. The molecule has 1 fully saturated rings. The van der Waals surface area contributed by atoms with Gasteiger partial charge in [0.05, 0.1) is 17.6 Å². The van der Waals surface area contributed by atoms with E-state index in [1.54, 1.807) is 12.3 Å². The summed E-state index contributed by atoms with van der Waals surface area (Å²) in [6, 6.07) is 19.7. The molecule has 2 N–H and O–H groups in total. The second-order valence-electron chi connectivity index (χ2n) is 10.5. The molecule has 192 valence electrons. The highest BCUT2D eigenvalue weighted by Crippen LogP contribution is 2.36. The second kappa shape index (κ2) is 10.1. The van der Waals surface area contributed by atoms with Crippen molar-refractivity contribution >= 4 is 35.5 Å². The van der Waals surface area contributed by atoms with Crippen LogP contribution in [0, 0.1) is 6.92 Å². The van der Waals surface area contributed by atoms with Crippen molar-refractivity contribution in [2.75, 3.05) is 5.32 Å². The molecule has 38 heavy (non-hydrogen) atoms. The highest BCUT2D eigenvalue weighted by Gasteiger charge is 2.26. The van der Waals surface area contributed by atoms with Gasteiger partial charge in [0.25, 0.3) is 0 Å². The average Bonchev–Trinajstić information content (AvgIpc) is 2.93. The summed E-state index contributed by atoms with van der Waals surface area (Å²) in [7, 11) is -1.06. The second-order valence-corrected chi connectivity index (χ2v) is 10.5. The summed E-state index contributed by atoms with van der Waals surface area (Å²) in [5.74, 6) is 1.14. The van der Waals surface area contributed by atoms with Gasteiger partial charge in [-0.1, -0.05) is 55.7 Å².